The summed E-state index contributed by atoms with van der Waals surface area (Å²) in [6, 6.07) is 11.2. The minimum absolute atomic E-state index is 0.126. The minimum atomic E-state index is -0.894. The molecule has 0 amide bonds. The predicted molar refractivity (Wildman–Crippen MR) is 162 cm³/mol. The number of hydrogen-bond donors (Lipinski definition) is 1. The van der Waals surface area contributed by atoms with Crippen LogP contribution < -0.4 is 20.2 Å². The first-order valence-corrected chi connectivity index (χ1v) is 15.1. The summed E-state index contributed by atoms with van der Waals surface area (Å²) < 4.78 is 23.1. The van der Waals surface area contributed by atoms with E-state index in [1.165, 1.54) is 6.26 Å². The Balaban J connectivity index is 1.44. The molecule has 6 rings (SSSR count). The Morgan fingerprint density at radius 2 is 1.81 bits per heavy atom. The molecule has 2 atom stereocenters. The summed E-state index contributed by atoms with van der Waals surface area (Å²) in [6.07, 6.45) is 5.63. The Morgan fingerprint density at radius 1 is 1.02 bits per heavy atom. The monoisotopic (exact) mass is 583 g/mol. The standard InChI is InChI=1S/C35H37NO7/c1-5-41-29-13-11-21(17-30(29)40-4)22-15-26-33(27(37)16-22)32(25-18-42-28-12-10-19(2)14-24(28)34(25)38)31(20(3)36-26)35(39)43-23-8-6-7-9-23/h10-14,17-18,22-23,32,36H,5-9,15-16H2,1-4H3/t22-,32-/m0/s1. The van der Waals surface area contributed by atoms with Gasteiger partial charge in [-0.1, -0.05) is 17.7 Å². The number of allylic oxidation sites excluding steroid dienone is 3. The van der Waals surface area contributed by atoms with Crippen LogP contribution in [0.25, 0.3) is 11.0 Å². The lowest BCUT2D eigenvalue weighted by atomic mass is 9.72. The summed E-state index contributed by atoms with van der Waals surface area (Å²) in [5.41, 5.74) is 4.33. The third kappa shape index (κ3) is 5.35. The normalized spacial score (nSPS) is 20.7. The van der Waals surface area contributed by atoms with Gasteiger partial charge >= 0.3 is 5.97 Å². The fourth-order valence-corrected chi connectivity index (χ4v) is 6.75. The number of hydrogen-bond acceptors (Lipinski definition) is 8. The number of benzene rings is 2. The van der Waals surface area contributed by atoms with Crippen LogP contribution in [0.15, 0.2) is 74.4 Å². The van der Waals surface area contributed by atoms with Crippen LogP contribution >= 0.6 is 0 Å². The third-order valence-electron chi connectivity index (χ3n) is 8.85. The molecule has 1 aliphatic heterocycles. The summed E-state index contributed by atoms with van der Waals surface area (Å²) in [5.74, 6) is -0.385. The molecule has 0 radical (unpaired) electrons. The summed E-state index contributed by atoms with van der Waals surface area (Å²) in [4.78, 5) is 41.9. The van der Waals surface area contributed by atoms with Crippen molar-refractivity contribution in [2.75, 3.05) is 13.7 Å². The number of methoxy groups -OCH3 is 1. The van der Waals surface area contributed by atoms with Gasteiger partial charge in [-0.05, 0) is 88.6 Å². The molecule has 2 aliphatic carbocycles. The molecule has 43 heavy (non-hydrogen) atoms. The van der Waals surface area contributed by atoms with E-state index in [9.17, 15) is 14.4 Å². The summed E-state index contributed by atoms with van der Waals surface area (Å²) in [7, 11) is 1.60. The highest BCUT2D eigenvalue weighted by molar-refractivity contribution is 6.04. The third-order valence-corrected chi connectivity index (χ3v) is 8.85. The molecule has 0 spiro atoms. The van der Waals surface area contributed by atoms with Crippen molar-refractivity contribution in [3.05, 3.63) is 92.1 Å². The predicted octanol–water partition coefficient (Wildman–Crippen LogP) is 6.36. The van der Waals surface area contributed by atoms with Gasteiger partial charge in [0.2, 0.25) is 0 Å². The Labute approximate surface area is 250 Å². The number of nitrogens with one attached hydrogen (secondary N) is 1. The number of rotatable bonds is 7. The highest BCUT2D eigenvalue weighted by Crippen LogP contribution is 2.46. The Hall–Kier alpha value is -4.33. The zero-order valence-corrected chi connectivity index (χ0v) is 25.1. The van der Waals surface area contributed by atoms with Gasteiger partial charge in [-0.25, -0.2) is 4.79 Å². The van der Waals surface area contributed by atoms with Crippen molar-refractivity contribution in [3.8, 4) is 11.5 Å². The fourth-order valence-electron chi connectivity index (χ4n) is 6.75. The molecule has 224 valence electrons. The lowest BCUT2D eigenvalue weighted by Gasteiger charge is -2.36. The van der Waals surface area contributed by atoms with E-state index in [2.05, 4.69) is 5.32 Å². The van der Waals surface area contributed by atoms with Crippen molar-refractivity contribution in [3.63, 3.8) is 0 Å². The van der Waals surface area contributed by atoms with E-state index in [-0.39, 0.29) is 35.2 Å². The van der Waals surface area contributed by atoms with E-state index in [1.54, 1.807) is 19.2 Å². The molecule has 1 fully saturated rings. The second kappa shape index (κ2) is 11.7. The van der Waals surface area contributed by atoms with Gasteiger partial charge in [0, 0.05) is 29.0 Å². The molecular weight excluding hydrogens is 546 g/mol. The minimum Gasteiger partial charge on any atom is -0.493 e. The average molecular weight is 584 g/mol. The maximum Gasteiger partial charge on any atom is 0.337 e. The number of Topliss-reactive ketones (excluding diaryl/α,β-unsaturated/α-hetero) is 1. The van der Waals surface area contributed by atoms with Crippen molar-refractivity contribution in [1.82, 2.24) is 5.32 Å². The number of aryl methyl sites for hydroxylation is 1. The highest BCUT2D eigenvalue weighted by atomic mass is 16.5. The van der Waals surface area contributed by atoms with Gasteiger partial charge in [0.25, 0.3) is 0 Å². The van der Waals surface area contributed by atoms with Crippen LogP contribution in [0, 0.1) is 6.92 Å². The van der Waals surface area contributed by atoms with Gasteiger partial charge in [0.05, 0.1) is 36.9 Å². The molecular formula is C35H37NO7. The van der Waals surface area contributed by atoms with Gasteiger partial charge in [0.1, 0.15) is 11.7 Å². The highest BCUT2D eigenvalue weighted by Gasteiger charge is 2.43. The first-order valence-electron chi connectivity index (χ1n) is 15.1. The number of fused-ring (bicyclic) bond motifs is 1. The molecule has 0 saturated heterocycles. The Bertz CT molecular complexity index is 1720. The topological polar surface area (TPSA) is 104 Å². The zero-order valence-electron chi connectivity index (χ0n) is 25.1. The number of esters is 1. The van der Waals surface area contributed by atoms with E-state index >= 15 is 0 Å². The van der Waals surface area contributed by atoms with Crippen LogP contribution in [0.2, 0.25) is 0 Å². The lowest BCUT2D eigenvalue weighted by molar-refractivity contribution is -0.144. The average Bonchev–Trinajstić information content (AvgIpc) is 3.50. The van der Waals surface area contributed by atoms with E-state index < -0.39 is 11.9 Å². The van der Waals surface area contributed by atoms with Gasteiger partial charge < -0.3 is 23.9 Å². The Kier molecular flexibility index (Phi) is 7.86. The number of ether oxygens (including phenoxy) is 3. The largest absolute Gasteiger partial charge is 0.493 e. The van der Waals surface area contributed by atoms with E-state index in [0.29, 0.717) is 58.0 Å². The maximum atomic E-state index is 14.1. The van der Waals surface area contributed by atoms with Gasteiger partial charge in [0.15, 0.2) is 22.7 Å². The van der Waals surface area contributed by atoms with Crippen LogP contribution in [0.3, 0.4) is 0 Å². The number of carbonyl (C=O) groups is 2. The summed E-state index contributed by atoms with van der Waals surface area (Å²) >= 11 is 0. The van der Waals surface area contributed by atoms with E-state index in [1.807, 2.05) is 45.0 Å². The fraction of sp³-hybridized carbons (Fsp3) is 0.400. The first-order chi connectivity index (χ1) is 20.8. The van der Waals surface area contributed by atoms with Gasteiger partial charge in [-0.15, -0.1) is 0 Å². The quantitative estimate of drug-likeness (QED) is 0.321. The second-order valence-corrected chi connectivity index (χ2v) is 11.7. The molecule has 8 nitrogen and oxygen atoms in total. The molecule has 8 heteroatoms. The van der Waals surface area contributed by atoms with Crippen LogP contribution in [0.5, 0.6) is 11.5 Å². The van der Waals surface area contributed by atoms with Crippen LogP contribution in [0.4, 0.5) is 0 Å². The zero-order chi connectivity index (χ0) is 30.2. The first kappa shape index (κ1) is 28.8. The van der Waals surface area contributed by atoms with Crippen molar-refractivity contribution in [1.29, 1.82) is 0 Å². The molecule has 3 aromatic rings. The SMILES string of the molecule is CCOc1ccc([C@@H]2CC(=O)C3=C(C2)NC(C)=C(C(=O)OC2CCCC2)[C@@H]3c2coc3ccc(C)cc3c2=O)cc1OC. The molecule has 0 unspecified atom stereocenters. The van der Waals surface area contributed by atoms with Crippen LogP contribution in [-0.4, -0.2) is 31.6 Å². The molecule has 2 heterocycles. The Morgan fingerprint density at radius 3 is 2.56 bits per heavy atom. The molecule has 1 aromatic heterocycles. The van der Waals surface area contributed by atoms with Crippen molar-refractivity contribution >= 4 is 22.7 Å². The van der Waals surface area contributed by atoms with Gasteiger partial charge in [-0.2, -0.15) is 0 Å². The molecule has 1 saturated carbocycles. The van der Waals surface area contributed by atoms with E-state index in [0.717, 1.165) is 36.8 Å². The van der Waals surface area contributed by atoms with Crippen LogP contribution in [0.1, 0.15) is 80.9 Å². The maximum absolute atomic E-state index is 14.1. The summed E-state index contributed by atoms with van der Waals surface area (Å²) in [5, 5.41) is 3.80. The lowest BCUT2D eigenvalue weighted by Crippen LogP contribution is -2.38. The molecule has 0 bridgehead atoms. The van der Waals surface area contributed by atoms with Crippen molar-refractivity contribution in [2.24, 2.45) is 0 Å². The second-order valence-electron chi connectivity index (χ2n) is 11.7. The van der Waals surface area contributed by atoms with Crippen LogP contribution in [-0.2, 0) is 14.3 Å². The molecule has 3 aliphatic rings. The van der Waals surface area contributed by atoms with E-state index in [4.69, 9.17) is 18.6 Å². The number of carbonyl (C=O) groups excluding carboxylic acids is 2. The number of dihydropyridines is 1. The smallest absolute Gasteiger partial charge is 0.337 e. The molecule has 2 aromatic carbocycles. The van der Waals surface area contributed by atoms with Crippen molar-refractivity contribution < 1.29 is 28.2 Å². The van der Waals surface area contributed by atoms with Crippen molar-refractivity contribution in [2.45, 2.75) is 77.2 Å². The molecule has 1 N–H and O–H groups in total. The number of ketones is 1. The summed E-state index contributed by atoms with van der Waals surface area (Å²) in [6.45, 7) is 6.14. The van der Waals surface area contributed by atoms with Gasteiger partial charge in [-0.3, -0.25) is 9.59 Å².